The number of hydrogen-bond acceptors (Lipinski definition) is 12. The number of aromatic hydroxyl groups is 4. The molecule has 2 aromatic rings. The van der Waals surface area contributed by atoms with E-state index in [1.165, 1.54) is 6.07 Å². The second-order valence-corrected chi connectivity index (χ2v) is 7.74. The third-order valence-corrected chi connectivity index (χ3v) is 5.56. The fraction of sp³-hybridized carbons (Fsp3) is 0.381. The summed E-state index contributed by atoms with van der Waals surface area (Å²) in [6.07, 6.45) is -11.2. The Bertz CT molecular complexity index is 1050. The van der Waals surface area contributed by atoms with Gasteiger partial charge >= 0.3 is 0 Å². The van der Waals surface area contributed by atoms with Crippen LogP contribution in [0.25, 0.3) is 0 Å². The van der Waals surface area contributed by atoms with Crippen LogP contribution in [0.3, 0.4) is 0 Å². The molecule has 0 radical (unpaired) electrons. The number of fused-ring (bicyclic) bond motifs is 1. The molecule has 1 fully saturated rings. The van der Waals surface area contributed by atoms with Gasteiger partial charge < -0.3 is 55.1 Å². The van der Waals surface area contributed by atoms with Crippen LogP contribution in [0.1, 0.15) is 22.0 Å². The number of aliphatic hydroxyl groups excluding tert-OH is 4. The van der Waals surface area contributed by atoms with Crippen molar-refractivity contribution in [2.75, 3.05) is 6.61 Å². The molecule has 0 spiro atoms. The molecule has 0 bridgehead atoms. The summed E-state index contributed by atoms with van der Waals surface area (Å²) in [4.78, 5) is 13.3. The zero-order chi connectivity index (χ0) is 24.0. The predicted molar refractivity (Wildman–Crippen MR) is 106 cm³/mol. The number of aliphatic hydroxyl groups is 4. The van der Waals surface area contributed by atoms with Crippen molar-refractivity contribution in [3.63, 3.8) is 0 Å². The lowest BCUT2D eigenvalue weighted by Gasteiger charge is -2.42. The van der Waals surface area contributed by atoms with Gasteiger partial charge in [-0.1, -0.05) is 6.07 Å². The summed E-state index contributed by atoms with van der Waals surface area (Å²) in [5, 5.41) is 79.2. The molecule has 0 amide bonds. The molecule has 12 nitrogen and oxygen atoms in total. The second-order valence-electron chi connectivity index (χ2n) is 7.74. The molecule has 0 aliphatic carbocycles. The van der Waals surface area contributed by atoms with Gasteiger partial charge in [-0.05, 0) is 17.7 Å². The summed E-state index contributed by atoms with van der Waals surface area (Å²) in [5.74, 6) is -3.00. The Morgan fingerprint density at radius 2 is 1.61 bits per heavy atom. The van der Waals surface area contributed by atoms with Crippen LogP contribution in [0.5, 0.6) is 28.7 Å². The lowest BCUT2D eigenvalue weighted by Crippen LogP contribution is -2.60. The molecule has 7 atom stereocenters. The molecule has 12 heteroatoms. The first-order valence-corrected chi connectivity index (χ1v) is 9.87. The first kappa shape index (κ1) is 23.0. The second kappa shape index (κ2) is 8.67. The van der Waals surface area contributed by atoms with Gasteiger partial charge in [-0.2, -0.15) is 0 Å². The van der Waals surface area contributed by atoms with Crippen LogP contribution >= 0.6 is 0 Å². The van der Waals surface area contributed by atoms with Crippen LogP contribution in [0.15, 0.2) is 30.3 Å². The average Bonchev–Trinajstić information content (AvgIpc) is 2.76. The minimum atomic E-state index is -1.82. The molecule has 2 heterocycles. The van der Waals surface area contributed by atoms with Crippen LogP contribution in [0.4, 0.5) is 0 Å². The van der Waals surface area contributed by atoms with Crippen molar-refractivity contribution >= 4 is 5.78 Å². The molecule has 4 rings (SSSR count). The molecule has 33 heavy (non-hydrogen) atoms. The minimum Gasteiger partial charge on any atom is -0.508 e. The number of benzene rings is 2. The first-order valence-electron chi connectivity index (χ1n) is 9.87. The monoisotopic (exact) mass is 466 g/mol. The van der Waals surface area contributed by atoms with E-state index in [2.05, 4.69) is 0 Å². The lowest BCUT2D eigenvalue weighted by atomic mass is 9.92. The van der Waals surface area contributed by atoms with Crippen LogP contribution in [-0.2, 0) is 9.47 Å². The smallest absolute Gasteiger partial charge is 0.203 e. The zero-order valence-electron chi connectivity index (χ0n) is 16.8. The number of ether oxygens (including phenoxy) is 3. The number of phenols is 4. The highest BCUT2D eigenvalue weighted by Gasteiger charge is 2.49. The minimum absolute atomic E-state index is 0.140. The number of phenolic OH excluding ortho intramolecular Hbond substituents is 4. The normalized spacial score (nSPS) is 31.6. The summed E-state index contributed by atoms with van der Waals surface area (Å²) in [6, 6.07) is 5.57. The largest absolute Gasteiger partial charge is 0.508 e. The van der Waals surface area contributed by atoms with E-state index >= 15 is 0 Å². The first-order chi connectivity index (χ1) is 15.6. The SMILES string of the molecule is O=C1c2c(O)cc(O)cc2OC(c2ccc(O)c(O)c2)C1O[C@@H]1O[C@H](CO)[C@H](O)[C@H](O)[C@H]1O. The Kier molecular flexibility index (Phi) is 6.05. The van der Waals surface area contributed by atoms with Gasteiger partial charge in [0.1, 0.15) is 47.2 Å². The topological polar surface area (TPSA) is 207 Å². The van der Waals surface area contributed by atoms with Gasteiger partial charge in [-0.25, -0.2) is 0 Å². The number of carbonyl (C=O) groups excluding carboxylic acids is 1. The quantitative estimate of drug-likeness (QED) is 0.256. The summed E-state index contributed by atoms with van der Waals surface area (Å²) in [7, 11) is 0. The van der Waals surface area contributed by atoms with Gasteiger partial charge in [0.2, 0.25) is 5.78 Å². The Labute approximate surface area is 186 Å². The van der Waals surface area contributed by atoms with Crippen LogP contribution in [-0.4, -0.2) is 90.1 Å². The number of ketones is 1. The molecule has 8 N–H and O–H groups in total. The Hall–Kier alpha value is -3.13. The van der Waals surface area contributed by atoms with E-state index in [1.54, 1.807) is 0 Å². The van der Waals surface area contributed by atoms with Gasteiger partial charge in [0.25, 0.3) is 0 Å². The van der Waals surface area contributed by atoms with Crippen molar-refractivity contribution in [1.82, 2.24) is 0 Å². The van der Waals surface area contributed by atoms with E-state index in [1.807, 2.05) is 0 Å². The number of carbonyl (C=O) groups is 1. The van der Waals surface area contributed by atoms with E-state index in [-0.39, 0.29) is 22.6 Å². The molecular weight excluding hydrogens is 444 g/mol. The van der Waals surface area contributed by atoms with Crippen LogP contribution in [0, 0.1) is 0 Å². The van der Waals surface area contributed by atoms with E-state index < -0.39 is 72.6 Å². The maximum Gasteiger partial charge on any atom is 0.203 e. The van der Waals surface area contributed by atoms with Crippen LogP contribution in [0.2, 0.25) is 0 Å². The Morgan fingerprint density at radius 3 is 2.27 bits per heavy atom. The van der Waals surface area contributed by atoms with Crippen LogP contribution < -0.4 is 4.74 Å². The standard InChI is InChI=1S/C21H22O12/c22-6-13-15(27)17(29)18(30)21(32-13)33-20-16(28)14-11(26)4-8(23)5-12(14)31-19(20)7-1-2-9(24)10(25)3-7/h1-5,13,15,17-27,29-30H,6H2/t13-,15+,17+,18-,19?,20?,21+/m1/s1. The zero-order valence-corrected chi connectivity index (χ0v) is 16.8. The van der Waals surface area contributed by atoms with Gasteiger partial charge in [-0.15, -0.1) is 0 Å². The van der Waals surface area contributed by atoms with E-state index in [9.17, 15) is 45.6 Å². The number of hydrogen-bond donors (Lipinski definition) is 8. The molecule has 2 aromatic carbocycles. The summed E-state index contributed by atoms with van der Waals surface area (Å²) in [5.41, 5.74) is -0.191. The predicted octanol–water partition coefficient (Wildman–Crippen LogP) is -0.990. The third kappa shape index (κ3) is 4.04. The van der Waals surface area contributed by atoms with E-state index in [0.717, 1.165) is 24.3 Å². The molecule has 0 aromatic heterocycles. The lowest BCUT2D eigenvalue weighted by molar-refractivity contribution is -0.311. The average molecular weight is 466 g/mol. The van der Waals surface area contributed by atoms with Crippen molar-refractivity contribution in [3.05, 3.63) is 41.5 Å². The Morgan fingerprint density at radius 1 is 0.879 bits per heavy atom. The molecule has 2 aliphatic rings. The Balaban J connectivity index is 1.75. The van der Waals surface area contributed by atoms with Gasteiger partial charge in [0.05, 0.1) is 6.61 Å². The highest BCUT2D eigenvalue weighted by molar-refractivity contribution is 6.05. The number of Topliss-reactive ketones (excluding diaryl/α,β-unsaturated/α-hetero) is 1. The molecule has 1 saturated heterocycles. The van der Waals surface area contributed by atoms with Gasteiger partial charge in [0, 0.05) is 12.1 Å². The van der Waals surface area contributed by atoms with Gasteiger partial charge in [0.15, 0.2) is 30.0 Å². The maximum atomic E-state index is 13.3. The maximum absolute atomic E-state index is 13.3. The molecule has 2 aliphatic heterocycles. The summed E-state index contributed by atoms with van der Waals surface area (Å²) in [6.45, 7) is -0.724. The summed E-state index contributed by atoms with van der Waals surface area (Å²) < 4.78 is 16.7. The van der Waals surface area contributed by atoms with E-state index in [4.69, 9.17) is 14.2 Å². The van der Waals surface area contributed by atoms with Crippen molar-refractivity contribution in [3.8, 4) is 28.7 Å². The molecule has 178 valence electrons. The van der Waals surface area contributed by atoms with Crippen molar-refractivity contribution in [1.29, 1.82) is 0 Å². The van der Waals surface area contributed by atoms with E-state index in [0.29, 0.717) is 0 Å². The van der Waals surface area contributed by atoms with Crippen molar-refractivity contribution in [2.45, 2.75) is 42.9 Å². The van der Waals surface area contributed by atoms with Crippen molar-refractivity contribution < 1.29 is 59.9 Å². The van der Waals surface area contributed by atoms with Gasteiger partial charge in [-0.3, -0.25) is 4.79 Å². The fourth-order valence-corrected chi connectivity index (χ4v) is 3.82. The molecular formula is C21H22O12. The highest BCUT2D eigenvalue weighted by atomic mass is 16.7. The highest BCUT2D eigenvalue weighted by Crippen LogP contribution is 2.44. The summed E-state index contributed by atoms with van der Waals surface area (Å²) >= 11 is 0. The fourth-order valence-electron chi connectivity index (χ4n) is 3.82. The number of rotatable bonds is 4. The molecule has 0 saturated carbocycles. The third-order valence-electron chi connectivity index (χ3n) is 5.56. The molecule has 2 unspecified atom stereocenters. The van der Waals surface area contributed by atoms with Crippen molar-refractivity contribution in [2.24, 2.45) is 0 Å².